The van der Waals surface area contributed by atoms with Crippen LogP contribution in [0.5, 0.6) is 0 Å². The van der Waals surface area contributed by atoms with Gasteiger partial charge >= 0.3 is 5.97 Å². The van der Waals surface area contributed by atoms with E-state index in [9.17, 15) is 14.0 Å². The highest BCUT2D eigenvalue weighted by Crippen LogP contribution is 2.46. The van der Waals surface area contributed by atoms with Crippen molar-refractivity contribution in [3.05, 3.63) is 23.7 Å². The van der Waals surface area contributed by atoms with Crippen LogP contribution in [0.1, 0.15) is 25.7 Å². The Morgan fingerprint density at radius 2 is 2.00 bits per heavy atom. The normalized spacial score (nSPS) is 21.8. The maximum absolute atomic E-state index is 12.7. The lowest BCUT2D eigenvalue weighted by molar-refractivity contribution is -0.148. The fourth-order valence-electron chi connectivity index (χ4n) is 1.64. The highest BCUT2D eigenvalue weighted by Gasteiger charge is 2.57. The van der Waals surface area contributed by atoms with Crippen LogP contribution in [0, 0.1) is 5.41 Å². The zero-order valence-corrected chi connectivity index (χ0v) is 8.62. The first-order valence-corrected chi connectivity index (χ1v) is 5.15. The third-order valence-electron chi connectivity index (χ3n) is 2.97. The highest BCUT2D eigenvalue weighted by molar-refractivity contribution is 6.05. The van der Waals surface area contributed by atoms with Crippen molar-refractivity contribution in [3.63, 3.8) is 0 Å². The average molecular weight is 225 g/mol. The summed E-state index contributed by atoms with van der Waals surface area (Å²) in [6.45, 7) is 0. The molecular weight excluding hydrogens is 213 g/mol. The molecule has 0 aromatic rings. The molecule has 0 radical (unpaired) electrons. The number of allylic oxidation sites excluding steroid dienone is 4. The second-order valence-corrected chi connectivity index (χ2v) is 4.15. The molecule has 16 heavy (non-hydrogen) atoms. The van der Waals surface area contributed by atoms with Crippen molar-refractivity contribution in [2.24, 2.45) is 5.41 Å². The number of rotatable bonds is 3. The number of carboxylic acid groups (broad SMARTS) is 1. The van der Waals surface area contributed by atoms with E-state index in [-0.39, 0.29) is 12.2 Å². The summed E-state index contributed by atoms with van der Waals surface area (Å²) in [6, 6.07) is 0. The number of carbonyl (C=O) groups excluding carboxylic acids is 1. The van der Waals surface area contributed by atoms with Gasteiger partial charge in [-0.05, 0) is 31.4 Å². The molecule has 86 valence electrons. The summed E-state index contributed by atoms with van der Waals surface area (Å²) < 4.78 is 12.7. The molecule has 0 saturated heterocycles. The number of hydrogen-bond donors (Lipinski definition) is 2. The number of amides is 1. The van der Waals surface area contributed by atoms with Gasteiger partial charge in [0.05, 0.1) is 0 Å². The first-order valence-electron chi connectivity index (χ1n) is 5.15. The molecule has 2 aliphatic rings. The molecule has 0 heterocycles. The van der Waals surface area contributed by atoms with Gasteiger partial charge in [0.2, 0.25) is 5.91 Å². The van der Waals surface area contributed by atoms with Gasteiger partial charge in [-0.15, -0.1) is 0 Å². The van der Waals surface area contributed by atoms with Gasteiger partial charge in [0.25, 0.3) is 0 Å². The molecule has 2 aliphatic carbocycles. The monoisotopic (exact) mass is 225 g/mol. The van der Waals surface area contributed by atoms with Crippen LogP contribution in [-0.2, 0) is 9.59 Å². The van der Waals surface area contributed by atoms with Crippen molar-refractivity contribution in [1.82, 2.24) is 5.32 Å². The van der Waals surface area contributed by atoms with Crippen molar-refractivity contribution in [2.45, 2.75) is 25.7 Å². The minimum Gasteiger partial charge on any atom is -0.480 e. The number of nitrogens with one attached hydrogen (secondary N) is 1. The first kappa shape index (κ1) is 10.9. The van der Waals surface area contributed by atoms with Crippen molar-refractivity contribution in [1.29, 1.82) is 0 Å². The second kappa shape index (κ2) is 3.73. The van der Waals surface area contributed by atoms with Gasteiger partial charge in [-0.3, -0.25) is 9.59 Å². The summed E-state index contributed by atoms with van der Waals surface area (Å²) in [5.41, 5.74) is -0.653. The van der Waals surface area contributed by atoms with Crippen LogP contribution >= 0.6 is 0 Å². The highest BCUT2D eigenvalue weighted by atomic mass is 19.1. The first-order chi connectivity index (χ1) is 7.54. The van der Waals surface area contributed by atoms with E-state index in [1.165, 1.54) is 12.2 Å². The molecule has 0 aromatic carbocycles. The molecule has 2 rings (SSSR count). The molecule has 1 amide bonds. The van der Waals surface area contributed by atoms with Gasteiger partial charge < -0.3 is 10.4 Å². The molecule has 0 atom stereocenters. The van der Waals surface area contributed by atoms with Gasteiger partial charge in [0, 0.05) is 12.1 Å². The molecule has 0 spiro atoms. The van der Waals surface area contributed by atoms with E-state index in [0.29, 0.717) is 25.0 Å². The number of hydrogen-bond acceptors (Lipinski definition) is 2. The predicted molar refractivity (Wildman–Crippen MR) is 54.0 cm³/mol. The van der Waals surface area contributed by atoms with E-state index in [0.717, 1.165) is 0 Å². The van der Waals surface area contributed by atoms with E-state index >= 15 is 0 Å². The van der Waals surface area contributed by atoms with Crippen LogP contribution < -0.4 is 5.32 Å². The Bertz CT molecular complexity index is 407. The van der Waals surface area contributed by atoms with Crippen LogP contribution in [0.3, 0.4) is 0 Å². The van der Waals surface area contributed by atoms with E-state index in [2.05, 4.69) is 5.32 Å². The fraction of sp³-hybridized carbons (Fsp3) is 0.455. The van der Waals surface area contributed by atoms with Gasteiger partial charge in [-0.25, -0.2) is 4.39 Å². The molecule has 0 aromatic heterocycles. The van der Waals surface area contributed by atoms with Crippen LogP contribution in [0.25, 0.3) is 0 Å². The van der Waals surface area contributed by atoms with Crippen LogP contribution in [0.2, 0.25) is 0 Å². The average Bonchev–Trinajstić information content (AvgIpc) is 3.02. The molecular formula is C11H12FNO3. The molecule has 1 saturated carbocycles. The van der Waals surface area contributed by atoms with Crippen molar-refractivity contribution in [2.75, 3.05) is 0 Å². The molecule has 0 unspecified atom stereocenters. The Kier molecular flexibility index (Phi) is 2.53. The van der Waals surface area contributed by atoms with Gasteiger partial charge in [0.15, 0.2) is 0 Å². The molecule has 4 nitrogen and oxygen atoms in total. The Hall–Kier alpha value is -1.65. The Morgan fingerprint density at radius 1 is 1.31 bits per heavy atom. The lowest BCUT2D eigenvalue weighted by Gasteiger charge is -2.15. The Balaban J connectivity index is 2.01. The van der Waals surface area contributed by atoms with Crippen molar-refractivity contribution >= 4 is 11.9 Å². The smallest absolute Gasteiger partial charge is 0.319 e. The molecule has 5 heteroatoms. The molecule has 2 N–H and O–H groups in total. The van der Waals surface area contributed by atoms with Crippen LogP contribution in [0.15, 0.2) is 23.7 Å². The van der Waals surface area contributed by atoms with Crippen molar-refractivity contribution in [3.8, 4) is 0 Å². The van der Waals surface area contributed by atoms with Crippen LogP contribution in [-0.4, -0.2) is 17.0 Å². The summed E-state index contributed by atoms with van der Waals surface area (Å²) >= 11 is 0. The number of halogens is 1. The van der Waals surface area contributed by atoms with E-state index in [4.69, 9.17) is 5.11 Å². The summed E-state index contributed by atoms with van der Waals surface area (Å²) in [5, 5.41) is 11.4. The number of carboxylic acids is 1. The topological polar surface area (TPSA) is 66.4 Å². The minimum atomic E-state index is -1.24. The number of carbonyl (C=O) groups is 2. The Morgan fingerprint density at radius 3 is 2.44 bits per heavy atom. The van der Waals surface area contributed by atoms with Crippen molar-refractivity contribution < 1.29 is 19.1 Å². The molecule has 0 bridgehead atoms. The minimum absolute atomic E-state index is 0.225. The van der Waals surface area contributed by atoms with Gasteiger partial charge in [-0.2, -0.15) is 0 Å². The summed E-state index contributed by atoms with van der Waals surface area (Å²) in [7, 11) is 0. The molecule has 1 fully saturated rings. The van der Waals surface area contributed by atoms with Crippen LogP contribution in [0.4, 0.5) is 4.39 Å². The molecule has 0 aliphatic heterocycles. The zero-order valence-electron chi connectivity index (χ0n) is 8.62. The van der Waals surface area contributed by atoms with Gasteiger partial charge in [-0.1, -0.05) is 0 Å². The Labute approximate surface area is 91.8 Å². The summed E-state index contributed by atoms with van der Waals surface area (Å²) in [5.74, 6) is -1.79. The predicted octanol–water partition coefficient (Wildman–Crippen LogP) is 1.50. The largest absolute Gasteiger partial charge is 0.480 e. The lowest BCUT2D eigenvalue weighted by atomic mass is 10.1. The van der Waals surface area contributed by atoms with E-state index in [1.807, 2.05) is 0 Å². The standard InChI is InChI=1S/C11H12FNO3/c12-7-1-3-8(4-2-7)13-9(14)11(5-6-11)10(15)16/h1,3H,2,4-6H2,(H,13,14)(H,15,16). The zero-order chi connectivity index (χ0) is 11.8. The maximum Gasteiger partial charge on any atom is 0.319 e. The van der Waals surface area contributed by atoms with E-state index in [1.54, 1.807) is 0 Å². The quantitative estimate of drug-likeness (QED) is 0.715. The summed E-state index contributed by atoms with van der Waals surface area (Å²) in [4.78, 5) is 22.5. The second-order valence-electron chi connectivity index (χ2n) is 4.15. The number of aliphatic carboxylic acids is 1. The van der Waals surface area contributed by atoms with Gasteiger partial charge in [0.1, 0.15) is 11.2 Å². The lowest BCUT2D eigenvalue weighted by Crippen LogP contribution is -2.36. The maximum atomic E-state index is 12.7. The fourth-order valence-corrected chi connectivity index (χ4v) is 1.64. The SMILES string of the molecule is O=C(O)C1(C(=O)NC2=CC=C(F)CC2)CC1. The van der Waals surface area contributed by atoms with E-state index < -0.39 is 17.3 Å². The third kappa shape index (κ3) is 1.85. The third-order valence-corrected chi connectivity index (χ3v) is 2.97. The summed E-state index contributed by atoms with van der Waals surface area (Å²) in [6.07, 6.45) is 4.20.